The summed E-state index contributed by atoms with van der Waals surface area (Å²) in [5, 5.41) is 5.93. The van der Waals surface area contributed by atoms with Crippen LogP contribution in [0.25, 0.3) is 0 Å². The molecular weight excluding hydrogens is 358 g/mol. The van der Waals surface area contributed by atoms with Gasteiger partial charge in [0.1, 0.15) is 12.2 Å². The van der Waals surface area contributed by atoms with Gasteiger partial charge in [-0.05, 0) is 30.5 Å². The van der Waals surface area contributed by atoms with Crippen LogP contribution in [0.15, 0.2) is 24.3 Å². The second-order valence-electron chi connectivity index (χ2n) is 7.80. The van der Waals surface area contributed by atoms with Crippen molar-refractivity contribution < 1.29 is 19.1 Å². The van der Waals surface area contributed by atoms with E-state index in [1.165, 1.54) is 19.6 Å². The summed E-state index contributed by atoms with van der Waals surface area (Å²) in [5.41, 5.74) is 1.68. The van der Waals surface area contributed by atoms with Crippen molar-refractivity contribution in [3.63, 3.8) is 0 Å². The summed E-state index contributed by atoms with van der Waals surface area (Å²) in [5.74, 6) is -0.148. The molecule has 0 aromatic heterocycles. The molecule has 7 nitrogen and oxygen atoms in total. The number of rotatable bonds is 6. The van der Waals surface area contributed by atoms with Gasteiger partial charge in [0.05, 0.1) is 12.6 Å². The Bertz CT molecular complexity index is 675. The van der Waals surface area contributed by atoms with Gasteiger partial charge in [-0.2, -0.15) is 0 Å². The lowest BCUT2D eigenvalue weighted by atomic mass is 9.78. The number of carbonyl (C=O) groups is 2. The molecule has 0 unspecified atom stereocenters. The molecule has 2 atom stereocenters. The summed E-state index contributed by atoms with van der Waals surface area (Å²) < 4.78 is 11.2. The van der Waals surface area contributed by atoms with E-state index in [0.29, 0.717) is 6.61 Å². The van der Waals surface area contributed by atoms with Gasteiger partial charge < -0.3 is 20.1 Å². The van der Waals surface area contributed by atoms with E-state index >= 15 is 0 Å². The Balaban J connectivity index is 1.64. The van der Waals surface area contributed by atoms with Gasteiger partial charge in [-0.1, -0.05) is 25.0 Å². The fourth-order valence-corrected chi connectivity index (χ4v) is 4.31. The van der Waals surface area contributed by atoms with Crippen LogP contribution in [0.5, 0.6) is 0 Å². The van der Waals surface area contributed by atoms with Crippen molar-refractivity contribution in [2.24, 2.45) is 0 Å². The van der Waals surface area contributed by atoms with Gasteiger partial charge in [0.15, 0.2) is 0 Å². The summed E-state index contributed by atoms with van der Waals surface area (Å²) >= 11 is 0. The lowest BCUT2D eigenvalue weighted by Crippen LogP contribution is -2.64. The first-order valence-corrected chi connectivity index (χ1v) is 10.0. The van der Waals surface area contributed by atoms with Gasteiger partial charge in [0.2, 0.25) is 11.8 Å². The number of hydrogen-bond donors (Lipinski definition) is 2. The van der Waals surface area contributed by atoms with E-state index < -0.39 is 0 Å². The average molecular weight is 389 g/mol. The summed E-state index contributed by atoms with van der Waals surface area (Å²) in [4.78, 5) is 25.6. The standard InChI is InChI=1S/C21H31N3O4/c1-16(25)22-18-8-6-17(7-9-18)13-24-11-12-28-21(15-24)10-4-3-5-19(21)23-20(26)14-27-2/h6-9,19H,3-5,10-15H2,1-2H3,(H,22,25)(H,23,26)/t19-,21-/m0/s1. The molecule has 2 amide bonds. The minimum atomic E-state index is -0.323. The lowest BCUT2D eigenvalue weighted by molar-refractivity contribution is -0.152. The van der Waals surface area contributed by atoms with Gasteiger partial charge in [-0.25, -0.2) is 0 Å². The molecule has 1 heterocycles. The molecule has 1 aliphatic carbocycles. The molecule has 2 aliphatic rings. The number of nitrogens with one attached hydrogen (secondary N) is 2. The van der Waals surface area contributed by atoms with Crippen LogP contribution in [0.2, 0.25) is 0 Å². The molecular formula is C21H31N3O4. The summed E-state index contributed by atoms with van der Waals surface area (Å²) in [7, 11) is 1.53. The molecule has 1 spiro atoms. The van der Waals surface area contributed by atoms with Crippen LogP contribution >= 0.6 is 0 Å². The normalized spacial score (nSPS) is 25.4. The number of amides is 2. The number of carbonyl (C=O) groups excluding carboxylic acids is 2. The van der Waals surface area contributed by atoms with Crippen molar-refractivity contribution in [2.75, 3.05) is 38.7 Å². The summed E-state index contributed by atoms with van der Waals surface area (Å²) in [6.45, 7) is 4.75. The number of methoxy groups -OCH3 is 1. The minimum Gasteiger partial charge on any atom is -0.375 e. The quantitative estimate of drug-likeness (QED) is 0.777. The van der Waals surface area contributed by atoms with E-state index in [1.807, 2.05) is 24.3 Å². The lowest BCUT2D eigenvalue weighted by Gasteiger charge is -2.49. The van der Waals surface area contributed by atoms with Crippen molar-refractivity contribution in [1.82, 2.24) is 10.2 Å². The molecule has 1 saturated carbocycles. The minimum absolute atomic E-state index is 0.0221. The van der Waals surface area contributed by atoms with E-state index in [9.17, 15) is 9.59 Å². The number of ether oxygens (including phenoxy) is 2. The second kappa shape index (κ2) is 9.49. The van der Waals surface area contributed by atoms with Crippen molar-refractivity contribution in [1.29, 1.82) is 0 Å². The van der Waals surface area contributed by atoms with Crippen LogP contribution in [0.4, 0.5) is 5.69 Å². The highest BCUT2D eigenvalue weighted by Gasteiger charge is 2.45. The van der Waals surface area contributed by atoms with E-state index in [0.717, 1.165) is 51.0 Å². The largest absolute Gasteiger partial charge is 0.375 e. The molecule has 1 saturated heterocycles. The number of benzene rings is 1. The molecule has 1 aliphatic heterocycles. The van der Waals surface area contributed by atoms with E-state index in [1.54, 1.807) is 0 Å². The topological polar surface area (TPSA) is 79.9 Å². The zero-order valence-electron chi connectivity index (χ0n) is 16.8. The Kier molecular flexibility index (Phi) is 7.04. The van der Waals surface area contributed by atoms with Crippen molar-refractivity contribution in [2.45, 2.75) is 50.8 Å². The predicted molar refractivity (Wildman–Crippen MR) is 107 cm³/mol. The number of anilines is 1. The third-order valence-electron chi connectivity index (χ3n) is 5.56. The van der Waals surface area contributed by atoms with Crippen LogP contribution < -0.4 is 10.6 Å². The third kappa shape index (κ3) is 5.31. The van der Waals surface area contributed by atoms with Crippen LogP contribution in [-0.2, 0) is 25.6 Å². The highest BCUT2D eigenvalue weighted by Crippen LogP contribution is 2.35. The van der Waals surface area contributed by atoms with Gasteiger partial charge in [0, 0.05) is 39.4 Å². The monoisotopic (exact) mass is 389 g/mol. The Morgan fingerprint density at radius 3 is 2.79 bits per heavy atom. The molecule has 28 heavy (non-hydrogen) atoms. The van der Waals surface area contributed by atoms with Crippen molar-refractivity contribution >= 4 is 17.5 Å². The molecule has 1 aromatic carbocycles. The van der Waals surface area contributed by atoms with Crippen LogP contribution in [0, 0.1) is 0 Å². The van der Waals surface area contributed by atoms with Gasteiger partial charge in [-0.15, -0.1) is 0 Å². The van der Waals surface area contributed by atoms with Crippen LogP contribution in [0.3, 0.4) is 0 Å². The smallest absolute Gasteiger partial charge is 0.246 e. The summed E-state index contributed by atoms with van der Waals surface area (Å²) in [6.07, 6.45) is 4.13. The Labute approximate surface area is 166 Å². The first kappa shape index (κ1) is 20.8. The first-order valence-electron chi connectivity index (χ1n) is 10.0. The first-order chi connectivity index (χ1) is 13.5. The molecule has 0 radical (unpaired) electrons. The van der Waals surface area contributed by atoms with Crippen molar-refractivity contribution in [3.8, 4) is 0 Å². The molecule has 2 fully saturated rings. The predicted octanol–water partition coefficient (Wildman–Crippen LogP) is 1.92. The van der Waals surface area contributed by atoms with Crippen LogP contribution in [-0.4, -0.2) is 61.8 Å². The van der Waals surface area contributed by atoms with Gasteiger partial charge >= 0.3 is 0 Å². The highest BCUT2D eigenvalue weighted by molar-refractivity contribution is 5.88. The molecule has 2 N–H and O–H groups in total. The van der Waals surface area contributed by atoms with E-state index in [-0.39, 0.29) is 30.1 Å². The SMILES string of the molecule is COCC(=O)N[C@H]1CCCC[C@]12CN(Cc1ccc(NC(C)=O)cc1)CCO2. The van der Waals surface area contributed by atoms with E-state index in [2.05, 4.69) is 15.5 Å². The maximum atomic E-state index is 12.1. The Hall–Kier alpha value is -1.96. The second-order valence-corrected chi connectivity index (χ2v) is 7.80. The molecule has 3 rings (SSSR count). The maximum absolute atomic E-state index is 12.1. The number of nitrogens with zero attached hydrogens (tertiary/aromatic N) is 1. The average Bonchev–Trinajstić information content (AvgIpc) is 2.65. The maximum Gasteiger partial charge on any atom is 0.246 e. The Morgan fingerprint density at radius 2 is 2.07 bits per heavy atom. The number of hydrogen-bond acceptors (Lipinski definition) is 5. The molecule has 0 bridgehead atoms. The van der Waals surface area contributed by atoms with Crippen LogP contribution in [0.1, 0.15) is 38.2 Å². The zero-order valence-corrected chi connectivity index (χ0v) is 16.8. The number of morpholine rings is 1. The highest BCUT2D eigenvalue weighted by atomic mass is 16.5. The van der Waals surface area contributed by atoms with Gasteiger partial charge in [0.25, 0.3) is 0 Å². The fourth-order valence-electron chi connectivity index (χ4n) is 4.31. The third-order valence-corrected chi connectivity index (χ3v) is 5.56. The molecule has 1 aromatic rings. The van der Waals surface area contributed by atoms with Crippen molar-refractivity contribution in [3.05, 3.63) is 29.8 Å². The summed E-state index contributed by atoms with van der Waals surface area (Å²) in [6, 6.07) is 7.98. The van der Waals surface area contributed by atoms with E-state index in [4.69, 9.17) is 9.47 Å². The Morgan fingerprint density at radius 1 is 1.29 bits per heavy atom. The zero-order chi connectivity index (χ0) is 20.0. The van der Waals surface area contributed by atoms with Gasteiger partial charge in [-0.3, -0.25) is 14.5 Å². The molecule has 154 valence electrons. The fraction of sp³-hybridized carbons (Fsp3) is 0.619. The molecule has 7 heteroatoms.